The van der Waals surface area contributed by atoms with Gasteiger partial charge in [0.25, 0.3) is 5.91 Å². The number of amides is 3. The zero-order valence-electron chi connectivity index (χ0n) is 19.2. The number of fused-ring (bicyclic) bond motifs is 3. The van der Waals surface area contributed by atoms with Crippen molar-refractivity contribution in [1.29, 1.82) is 0 Å². The van der Waals surface area contributed by atoms with Crippen LogP contribution in [0.1, 0.15) is 55.8 Å². The number of halogens is 1. The molecule has 1 aliphatic heterocycles. The van der Waals surface area contributed by atoms with Crippen molar-refractivity contribution in [2.24, 2.45) is 0 Å². The van der Waals surface area contributed by atoms with Crippen LogP contribution < -0.4 is 10.6 Å². The van der Waals surface area contributed by atoms with Gasteiger partial charge in [-0.25, -0.2) is 4.39 Å². The van der Waals surface area contributed by atoms with Gasteiger partial charge in [0, 0.05) is 18.4 Å². The van der Waals surface area contributed by atoms with Crippen molar-refractivity contribution in [1.82, 2.24) is 14.8 Å². The molecule has 8 nitrogen and oxygen atoms in total. The van der Waals surface area contributed by atoms with Gasteiger partial charge >= 0.3 is 0 Å². The molecule has 3 amide bonds. The van der Waals surface area contributed by atoms with Crippen LogP contribution in [0.3, 0.4) is 0 Å². The summed E-state index contributed by atoms with van der Waals surface area (Å²) >= 11 is 0. The number of carbonyl (C=O) groups is 3. The molecule has 0 spiro atoms. The second-order valence-corrected chi connectivity index (χ2v) is 9.35. The zero-order valence-corrected chi connectivity index (χ0v) is 19.2. The maximum absolute atomic E-state index is 14.2. The minimum atomic E-state index is -1.23. The molecule has 1 atom stereocenters. The zero-order chi connectivity index (χ0) is 24.0. The SMILES string of the molecule is CC(=O)Nc1c2n(c3ccc(F)cc13)C[C@](C)(C(=O)NC1CCCC1)N(Cc1ccco1)C2=O. The third-order valence-electron chi connectivity index (χ3n) is 6.91. The Labute approximate surface area is 196 Å². The molecule has 0 bridgehead atoms. The first-order chi connectivity index (χ1) is 16.3. The molecule has 1 aromatic carbocycles. The number of rotatable bonds is 5. The predicted molar refractivity (Wildman–Crippen MR) is 124 cm³/mol. The van der Waals surface area contributed by atoms with Gasteiger partial charge in [-0.1, -0.05) is 12.8 Å². The Morgan fingerprint density at radius 1 is 1.24 bits per heavy atom. The standard InChI is InChI=1S/C25H27FN4O4/c1-15(31)27-21-19-12-16(26)9-10-20(19)29-14-25(2,24(33)28-17-6-3-4-7-17)30(23(32)22(21)29)13-18-8-5-11-34-18/h5,8-12,17H,3-4,6-7,13-14H2,1-2H3,(H,27,31)(H,28,33)/t25-/m1/s1. The van der Waals surface area contributed by atoms with Crippen LogP contribution in [-0.4, -0.2) is 38.8 Å². The third-order valence-corrected chi connectivity index (χ3v) is 6.91. The summed E-state index contributed by atoms with van der Waals surface area (Å²) in [5.41, 5.74) is -0.193. The number of aromatic nitrogens is 1. The average Bonchev–Trinajstić information content (AvgIpc) is 3.53. The third kappa shape index (κ3) is 3.65. The molecule has 178 valence electrons. The van der Waals surface area contributed by atoms with E-state index in [1.807, 2.05) is 0 Å². The predicted octanol–water partition coefficient (Wildman–Crippen LogP) is 3.81. The van der Waals surface area contributed by atoms with Gasteiger partial charge in [-0.2, -0.15) is 0 Å². The highest BCUT2D eigenvalue weighted by atomic mass is 19.1. The molecule has 3 aromatic rings. The summed E-state index contributed by atoms with van der Waals surface area (Å²) in [7, 11) is 0. The molecule has 2 N–H and O–H groups in total. The molecule has 3 heterocycles. The van der Waals surface area contributed by atoms with Crippen molar-refractivity contribution in [3.8, 4) is 0 Å². The Bertz CT molecular complexity index is 1280. The van der Waals surface area contributed by atoms with Gasteiger partial charge < -0.3 is 24.5 Å². The summed E-state index contributed by atoms with van der Waals surface area (Å²) in [6.07, 6.45) is 5.47. The first-order valence-corrected chi connectivity index (χ1v) is 11.5. The number of carbonyl (C=O) groups excluding carboxylic acids is 3. The van der Waals surface area contributed by atoms with Crippen molar-refractivity contribution >= 4 is 34.3 Å². The molecule has 1 fully saturated rings. The van der Waals surface area contributed by atoms with Gasteiger partial charge in [-0.05, 0) is 50.1 Å². The van der Waals surface area contributed by atoms with Crippen LogP contribution in [0.15, 0.2) is 41.0 Å². The molecule has 9 heteroatoms. The maximum atomic E-state index is 14.2. The molecule has 0 radical (unpaired) electrons. The Balaban J connectivity index is 1.65. The quantitative estimate of drug-likeness (QED) is 0.598. The van der Waals surface area contributed by atoms with Gasteiger partial charge in [-0.3, -0.25) is 14.4 Å². The van der Waals surface area contributed by atoms with E-state index in [2.05, 4.69) is 10.6 Å². The summed E-state index contributed by atoms with van der Waals surface area (Å²) in [6.45, 7) is 3.31. The van der Waals surface area contributed by atoms with Gasteiger partial charge in [0.1, 0.15) is 22.8 Å². The van der Waals surface area contributed by atoms with E-state index in [0.717, 1.165) is 25.7 Å². The van der Waals surface area contributed by atoms with Gasteiger partial charge in [0.05, 0.1) is 30.6 Å². The van der Waals surface area contributed by atoms with E-state index in [1.54, 1.807) is 29.7 Å². The van der Waals surface area contributed by atoms with Crippen molar-refractivity contribution in [3.63, 3.8) is 0 Å². The minimum absolute atomic E-state index is 0.0792. The topological polar surface area (TPSA) is 96.6 Å². The summed E-state index contributed by atoms with van der Waals surface area (Å²) in [5.74, 6) is -1.01. The second-order valence-electron chi connectivity index (χ2n) is 9.35. The number of anilines is 1. The molecule has 34 heavy (non-hydrogen) atoms. The number of hydrogen-bond acceptors (Lipinski definition) is 4. The van der Waals surface area contributed by atoms with Crippen LogP contribution >= 0.6 is 0 Å². The molecular formula is C25H27FN4O4. The molecular weight excluding hydrogens is 439 g/mol. The Hall–Kier alpha value is -3.62. The van der Waals surface area contributed by atoms with E-state index in [4.69, 9.17) is 4.42 Å². The number of hydrogen-bond donors (Lipinski definition) is 2. The van der Waals surface area contributed by atoms with Gasteiger partial charge in [0.2, 0.25) is 11.8 Å². The Morgan fingerprint density at radius 2 is 2.00 bits per heavy atom. The molecule has 2 aromatic heterocycles. The monoisotopic (exact) mass is 466 g/mol. The lowest BCUT2D eigenvalue weighted by Gasteiger charge is -2.44. The normalized spacial score (nSPS) is 20.6. The van der Waals surface area contributed by atoms with Gasteiger partial charge in [-0.15, -0.1) is 0 Å². The second kappa shape index (κ2) is 8.30. The Morgan fingerprint density at radius 3 is 2.68 bits per heavy atom. The Kier molecular flexibility index (Phi) is 5.42. The van der Waals surface area contributed by atoms with E-state index in [0.29, 0.717) is 16.7 Å². The van der Waals surface area contributed by atoms with Crippen LogP contribution in [0.2, 0.25) is 0 Å². The van der Waals surface area contributed by atoms with Crippen LogP contribution in [-0.2, 0) is 22.7 Å². The number of furan rings is 1. The summed E-state index contributed by atoms with van der Waals surface area (Å²) in [5, 5.41) is 6.26. The van der Waals surface area contributed by atoms with Crippen molar-refractivity contribution in [2.45, 2.75) is 64.2 Å². The smallest absolute Gasteiger partial charge is 0.274 e. The van der Waals surface area contributed by atoms with Crippen LogP contribution in [0.5, 0.6) is 0 Å². The summed E-state index contributed by atoms with van der Waals surface area (Å²) in [4.78, 5) is 41.1. The van der Waals surface area contributed by atoms with E-state index in [-0.39, 0.29) is 42.3 Å². The van der Waals surface area contributed by atoms with E-state index in [9.17, 15) is 18.8 Å². The number of nitrogens with one attached hydrogen (secondary N) is 2. The lowest BCUT2D eigenvalue weighted by molar-refractivity contribution is -0.134. The van der Waals surface area contributed by atoms with Crippen LogP contribution in [0.4, 0.5) is 10.1 Å². The van der Waals surface area contributed by atoms with Crippen molar-refractivity contribution in [3.05, 3.63) is 53.9 Å². The van der Waals surface area contributed by atoms with Crippen LogP contribution in [0.25, 0.3) is 10.9 Å². The highest BCUT2D eigenvalue weighted by molar-refractivity contribution is 6.14. The largest absolute Gasteiger partial charge is 0.467 e. The number of nitrogens with zero attached hydrogens (tertiary/aromatic N) is 2. The molecule has 2 aliphatic rings. The van der Waals surface area contributed by atoms with Crippen LogP contribution in [0, 0.1) is 5.82 Å². The van der Waals surface area contributed by atoms with E-state index < -0.39 is 17.3 Å². The summed E-state index contributed by atoms with van der Waals surface area (Å²) < 4.78 is 21.4. The lowest BCUT2D eigenvalue weighted by atomic mass is 9.93. The fourth-order valence-electron chi connectivity index (χ4n) is 5.17. The first kappa shape index (κ1) is 22.2. The molecule has 0 unspecified atom stereocenters. The fraction of sp³-hybridized carbons (Fsp3) is 0.400. The van der Waals surface area contributed by atoms with Crippen molar-refractivity contribution < 1.29 is 23.2 Å². The van der Waals surface area contributed by atoms with Gasteiger partial charge in [0.15, 0.2) is 0 Å². The molecule has 1 saturated carbocycles. The van der Waals surface area contributed by atoms with Crippen molar-refractivity contribution in [2.75, 3.05) is 5.32 Å². The average molecular weight is 467 g/mol. The molecule has 1 aliphatic carbocycles. The molecule has 5 rings (SSSR count). The molecule has 0 saturated heterocycles. The highest BCUT2D eigenvalue weighted by Crippen LogP contribution is 2.40. The van der Waals surface area contributed by atoms with E-state index in [1.165, 1.54) is 30.2 Å². The summed E-state index contributed by atoms with van der Waals surface area (Å²) in [6, 6.07) is 7.73. The lowest BCUT2D eigenvalue weighted by Crippen LogP contribution is -2.64. The highest BCUT2D eigenvalue weighted by Gasteiger charge is 2.49. The van der Waals surface area contributed by atoms with E-state index >= 15 is 0 Å². The minimum Gasteiger partial charge on any atom is -0.467 e. The fourth-order valence-corrected chi connectivity index (χ4v) is 5.17. The first-order valence-electron chi connectivity index (χ1n) is 11.5. The number of benzene rings is 1. The maximum Gasteiger partial charge on any atom is 0.274 e.